The van der Waals surface area contributed by atoms with Crippen molar-refractivity contribution in [1.82, 2.24) is 0 Å². The number of carbonyl (C=O) groups excluding carboxylic acids is 1. The average Bonchev–Trinajstić information content (AvgIpc) is 2.62. The lowest BCUT2D eigenvalue weighted by Crippen LogP contribution is -2.60. The third-order valence-corrected chi connectivity index (χ3v) is 7.51. The standard InChI is InChI=1S/C23H38O6/c1-13-8-7-10-23(6)11-9-16(12-17(13)23)22(4,5)29-21-20(28-15(3)24)19(26)18(25)14(2)27-21/h14,16,18-21,25-26H,7-12H2,1-6H3/t14-,16-,18+,19+,20-,21+,23+/m1/s1. The molecule has 2 fully saturated rings. The molecule has 1 heterocycles. The van der Waals surface area contributed by atoms with Gasteiger partial charge in [-0.15, -0.1) is 0 Å². The molecule has 0 radical (unpaired) electrons. The molecular formula is C23H38O6. The highest BCUT2D eigenvalue weighted by molar-refractivity contribution is 5.66. The summed E-state index contributed by atoms with van der Waals surface area (Å²) in [6.45, 7) is 11.7. The highest BCUT2D eigenvalue weighted by Crippen LogP contribution is 2.53. The number of carbonyl (C=O) groups is 1. The van der Waals surface area contributed by atoms with Crippen LogP contribution < -0.4 is 0 Å². The van der Waals surface area contributed by atoms with Crippen LogP contribution in [0.1, 0.15) is 80.1 Å². The fourth-order valence-electron chi connectivity index (χ4n) is 5.50. The monoisotopic (exact) mass is 410 g/mol. The van der Waals surface area contributed by atoms with E-state index < -0.39 is 42.3 Å². The minimum atomic E-state index is -1.25. The van der Waals surface area contributed by atoms with Crippen LogP contribution >= 0.6 is 0 Å². The molecule has 0 aromatic heterocycles. The maximum absolute atomic E-state index is 11.6. The van der Waals surface area contributed by atoms with Crippen molar-refractivity contribution in [2.75, 3.05) is 0 Å². The zero-order valence-electron chi connectivity index (χ0n) is 18.7. The Morgan fingerprint density at radius 1 is 1.24 bits per heavy atom. The predicted octanol–water partition coefficient (Wildman–Crippen LogP) is 3.49. The largest absolute Gasteiger partial charge is 0.454 e. The number of aliphatic hydroxyl groups is 2. The van der Waals surface area contributed by atoms with Gasteiger partial charge in [0.2, 0.25) is 0 Å². The van der Waals surface area contributed by atoms with Gasteiger partial charge in [0, 0.05) is 6.92 Å². The molecule has 0 bridgehead atoms. The highest BCUT2D eigenvalue weighted by Gasteiger charge is 2.49. The Kier molecular flexibility index (Phi) is 6.50. The summed E-state index contributed by atoms with van der Waals surface area (Å²) in [4.78, 5) is 11.6. The van der Waals surface area contributed by atoms with E-state index in [0.29, 0.717) is 11.3 Å². The van der Waals surface area contributed by atoms with Crippen LogP contribution in [0, 0.1) is 11.3 Å². The lowest BCUT2D eigenvalue weighted by atomic mass is 9.59. The molecule has 166 valence electrons. The highest BCUT2D eigenvalue weighted by atomic mass is 16.7. The van der Waals surface area contributed by atoms with Gasteiger partial charge in [-0.25, -0.2) is 0 Å². The van der Waals surface area contributed by atoms with E-state index >= 15 is 0 Å². The molecule has 6 heteroatoms. The van der Waals surface area contributed by atoms with E-state index in [4.69, 9.17) is 14.2 Å². The maximum Gasteiger partial charge on any atom is 0.303 e. The smallest absolute Gasteiger partial charge is 0.303 e. The Bertz CT molecular complexity index is 656. The second kappa shape index (κ2) is 8.29. The quantitative estimate of drug-likeness (QED) is 0.545. The van der Waals surface area contributed by atoms with Gasteiger partial charge in [-0.3, -0.25) is 4.79 Å². The normalized spacial score (nSPS) is 41.1. The summed E-state index contributed by atoms with van der Waals surface area (Å²) in [7, 11) is 0. The molecule has 0 unspecified atom stereocenters. The van der Waals surface area contributed by atoms with Gasteiger partial charge < -0.3 is 24.4 Å². The number of rotatable bonds is 4. The van der Waals surface area contributed by atoms with Crippen LogP contribution in [0.25, 0.3) is 0 Å². The summed E-state index contributed by atoms with van der Waals surface area (Å²) in [5, 5.41) is 20.6. The lowest BCUT2D eigenvalue weighted by molar-refractivity contribution is -0.324. The number of fused-ring (bicyclic) bond motifs is 1. The number of esters is 1. The number of hydrogen-bond acceptors (Lipinski definition) is 6. The van der Waals surface area contributed by atoms with Gasteiger partial charge in [0.05, 0.1) is 11.7 Å². The van der Waals surface area contributed by atoms with Crippen molar-refractivity contribution >= 4 is 5.97 Å². The van der Waals surface area contributed by atoms with Gasteiger partial charge >= 0.3 is 5.97 Å². The van der Waals surface area contributed by atoms with Crippen molar-refractivity contribution in [3.63, 3.8) is 0 Å². The van der Waals surface area contributed by atoms with Crippen LogP contribution in [0.2, 0.25) is 0 Å². The summed E-state index contributed by atoms with van der Waals surface area (Å²) in [6, 6.07) is 0. The zero-order valence-corrected chi connectivity index (χ0v) is 18.7. The fourth-order valence-corrected chi connectivity index (χ4v) is 5.50. The van der Waals surface area contributed by atoms with Crippen LogP contribution in [0.4, 0.5) is 0 Å². The third kappa shape index (κ3) is 4.55. The van der Waals surface area contributed by atoms with Gasteiger partial charge in [0.1, 0.15) is 12.2 Å². The van der Waals surface area contributed by atoms with Crippen molar-refractivity contribution in [2.45, 2.75) is 116 Å². The van der Waals surface area contributed by atoms with Gasteiger partial charge in [-0.1, -0.05) is 18.1 Å². The Morgan fingerprint density at radius 2 is 1.93 bits per heavy atom. The first-order valence-electron chi connectivity index (χ1n) is 11.0. The first kappa shape index (κ1) is 22.7. The fraction of sp³-hybridized carbons (Fsp3) is 0.870. The number of aliphatic hydroxyl groups excluding tert-OH is 2. The Labute approximate surface area is 174 Å². The lowest BCUT2D eigenvalue weighted by Gasteiger charge is -2.50. The second-order valence-electron chi connectivity index (χ2n) is 10.1. The first-order chi connectivity index (χ1) is 13.4. The zero-order chi connectivity index (χ0) is 21.6. The van der Waals surface area contributed by atoms with Crippen molar-refractivity contribution in [3.05, 3.63) is 11.1 Å². The van der Waals surface area contributed by atoms with Crippen molar-refractivity contribution in [3.8, 4) is 0 Å². The van der Waals surface area contributed by atoms with Crippen molar-refractivity contribution in [2.24, 2.45) is 11.3 Å². The van der Waals surface area contributed by atoms with Crippen LogP contribution in [-0.4, -0.2) is 52.5 Å². The van der Waals surface area contributed by atoms with Gasteiger partial charge in [0.25, 0.3) is 0 Å². The summed E-state index contributed by atoms with van der Waals surface area (Å²) < 4.78 is 17.5. The summed E-state index contributed by atoms with van der Waals surface area (Å²) in [5.74, 6) is -0.235. The van der Waals surface area contributed by atoms with Crippen LogP contribution in [0.15, 0.2) is 11.1 Å². The molecule has 6 nitrogen and oxygen atoms in total. The number of allylic oxidation sites excluding steroid dienone is 2. The molecule has 2 N–H and O–H groups in total. The van der Waals surface area contributed by atoms with E-state index in [-0.39, 0.29) is 0 Å². The van der Waals surface area contributed by atoms with Crippen LogP contribution in [0.3, 0.4) is 0 Å². The van der Waals surface area contributed by atoms with Crippen molar-refractivity contribution in [1.29, 1.82) is 0 Å². The molecule has 0 amide bonds. The molecule has 7 atom stereocenters. The minimum Gasteiger partial charge on any atom is -0.454 e. The van der Waals surface area contributed by atoms with Crippen molar-refractivity contribution < 1.29 is 29.2 Å². The summed E-state index contributed by atoms with van der Waals surface area (Å²) in [6.07, 6.45) is 1.95. The molecule has 29 heavy (non-hydrogen) atoms. The van der Waals surface area contributed by atoms with E-state index in [1.54, 1.807) is 12.5 Å². The molecule has 0 aromatic rings. The van der Waals surface area contributed by atoms with Gasteiger partial charge in [-0.05, 0) is 77.6 Å². The molecule has 1 saturated carbocycles. The Balaban J connectivity index is 1.77. The number of ether oxygens (including phenoxy) is 3. The molecule has 3 aliphatic rings. The average molecular weight is 411 g/mol. The summed E-state index contributed by atoms with van der Waals surface area (Å²) >= 11 is 0. The Hall–Kier alpha value is -0.950. The van der Waals surface area contributed by atoms with E-state index in [0.717, 1.165) is 19.3 Å². The molecule has 0 spiro atoms. The van der Waals surface area contributed by atoms with Crippen LogP contribution in [-0.2, 0) is 19.0 Å². The van der Waals surface area contributed by atoms with E-state index in [1.165, 1.54) is 31.8 Å². The van der Waals surface area contributed by atoms with Gasteiger partial charge in [0.15, 0.2) is 12.4 Å². The molecule has 3 rings (SSSR count). The first-order valence-corrected chi connectivity index (χ1v) is 11.0. The minimum absolute atomic E-state index is 0.305. The summed E-state index contributed by atoms with van der Waals surface area (Å²) in [5.41, 5.74) is 2.89. The molecule has 1 saturated heterocycles. The predicted molar refractivity (Wildman–Crippen MR) is 109 cm³/mol. The van der Waals surface area contributed by atoms with E-state index in [1.807, 2.05) is 0 Å². The van der Waals surface area contributed by atoms with Gasteiger partial charge in [-0.2, -0.15) is 0 Å². The maximum atomic E-state index is 11.6. The molecule has 0 aromatic carbocycles. The van der Waals surface area contributed by atoms with E-state index in [9.17, 15) is 15.0 Å². The van der Waals surface area contributed by atoms with Crippen LogP contribution in [0.5, 0.6) is 0 Å². The molecule has 2 aliphatic carbocycles. The molecular weight excluding hydrogens is 372 g/mol. The van der Waals surface area contributed by atoms with E-state index in [2.05, 4.69) is 27.7 Å². The third-order valence-electron chi connectivity index (χ3n) is 7.51. The molecule has 1 aliphatic heterocycles. The topological polar surface area (TPSA) is 85.2 Å². The second-order valence-corrected chi connectivity index (χ2v) is 10.1. The number of hydrogen-bond donors (Lipinski definition) is 2. The Morgan fingerprint density at radius 3 is 2.59 bits per heavy atom. The SMILES string of the molecule is CC(=O)O[C@H]1[C@H](OC(C)(C)[C@@H]2CC[C@]3(C)CCCC(C)=C3C2)O[C@H](C)[C@H](O)[C@@H]1O.